The molecule has 0 amide bonds. The first-order chi connectivity index (χ1) is 5.79. The summed E-state index contributed by atoms with van der Waals surface area (Å²) < 4.78 is 5.24. The molecule has 1 fully saturated rings. The van der Waals surface area contributed by atoms with Gasteiger partial charge in [0.15, 0.2) is 0 Å². The Hall–Kier alpha value is -0.0800. The van der Waals surface area contributed by atoms with E-state index >= 15 is 0 Å². The van der Waals surface area contributed by atoms with Gasteiger partial charge >= 0.3 is 0 Å². The van der Waals surface area contributed by atoms with Crippen LogP contribution in [0.25, 0.3) is 0 Å². The summed E-state index contributed by atoms with van der Waals surface area (Å²) in [6, 6.07) is 1.32. The van der Waals surface area contributed by atoms with E-state index in [2.05, 4.69) is 19.2 Å². The van der Waals surface area contributed by atoms with Crippen LogP contribution in [0.15, 0.2) is 0 Å². The zero-order valence-corrected chi connectivity index (χ0v) is 8.89. The smallest absolute Gasteiger partial charge is 0.0480 e. The second-order valence-electron chi connectivity index (χ2n) is 3.21. The molecule has 12 heavy (non-hydrogen) atoms. The second-order valence-corrected chi connectivity index (χ2v) is 3.21. The van der Waals surface area contributed by atoms with Crippen molar-refractivity contribution in [3.8, 4) is 0 Å². The Bertz CT molecular complexity index is 87.8. The first-order valence-corrected chi connectivity index (χ1v) is 5.13. The molecule has 0 aromatic heterocycles. The maximum absolute atomic E-state index is 5.24. The maximum Gasteiger partial charge on any atom is 0.0480 e. The number of rotatable bonds is 2. The highest BCUT2D eigenvalue weighted by molar-refractivity contribution is 4.71. The minimum atomic E-state index is 0.614. The number of hydrogen-bond donors (Lipinski definition) is 1. The number of hydrogen-bond acceptors (Lipinski definition) is 2. The molecule has 0 saturated carbocycles. The first-order valence-electron chi connectivity index (χ1n) is 5.13. The molecule has 1 heterocycles. The molecular formula is C10H23NO. The third-order valence-electron chi connectivity index (χ3n) is 1.79. The Morgan fingerprint density at radius 2 is 1.67 bits per heavy atom. The van der Waals surface area contributed by atoms with Crippen molar-refractivity contribution in [3.05, 3.63) is 0 Å². The van der Waals surface area contributed by atoms with Gasteiger partial charge in [-0.15, -0.1) is 0 Å². The van der Waals surface area contributed by atoms with E-state index in [9.17, 15) is 0 Å². The fraction of sp³-hybridized carbons (Fsp3) is 1.00. The summed E-state index contributed by atoms with van der Waals surface area (Å²) in [6.07, 6.45) is 2.36. The van der Waals surface area contributed by atoms with Crippen molar-refractivity contribution in [2.24, 2.45) is 0 Å². The van der Waals surface area contributed by atoms with E-state index in [1.165, 1.54) is 12.8 Å². The van der Waals surface area contributed by atoms with E-state index in [0.29, 0.717) is 12.1 Å². The Morgan fingerprint density at radius 3 is 2.08 bits per heavy atom. The van der Waals surface area contributed by atoms with Crippen LogP contribution >= 0.6 is 0 Å². The van der Waals surface area contributed by atoms with Crippen molar-refractivity contribution in [3.63, 3.8) is 0 Å². The van der Waals surface area contributed by atoms with Crippen LogP contribution in [0.3, 0.4) is 0 Å². The van der Waals surface area contributed by atoms with Crippen LogP contribution in [0, 0.1) is 0 Å². The molecule has 1 saturated heterocycles. The molecule has 0 radical (unpaired) electrons. The number of nitrogens with one attached hydrogen (secondary N) is 1. The molecule has 1 N–H and O–H groups in total. The van der Waals surface area contributed by atoms with Gasteiger partial charge in [0.25, 0.3) is 0 Å². The number of ether oxygens (including phenoxy) is 1. The van der Waals surface area contributed by atoms with Gasteiger partial charge in [0.1, 0.15) is 0 Å². The topological polar surface area (TPSA) is 21.3 Å². The van der Waals surface area contributed by atoms with Crippen molar-refractivity contribution >= 4 is 0 Å². The van der Waals surface area contributed by atoms with Crippen molar-refractivity contribution in [2.75, 3.05) is 13.2 Å². The molecule has 1 aliphatic heterocycles. The predicted octanol–water partition coefficient (Wildman–Crippen LogP) is 2.19. The van der Waals surface area contributed by atoms with Crippen molar-refractivity contribution < 1.29 is 4.74 Å². The maximum atomic E-state index is 5.24. The quantitative estimate of drug-likeness (QED) is 0.691. The monoisotopic (exact) mass is 173 g/mol. The van der Waals surface area contributed by atoms with E-state index in [4.69, 9.17) is 4.74 Å². The zero-order valence-electron chi connectivity index (χ0n) is 8.89. The predicted molar refractivity (Wildman–Crippen MR) is 53.5 cm³/mol. The highest BCUT2D eigenvalue weighted by atomic mass is 16.5. The van der Waals surface area contributed by atoms with Crippen molar-refractivity contribution in [2.45, 2.75) is 52.6 Å². The first kappa shape index (κ1) is 11.9. The molecular weight excluding hydrogens is 150 g/mol. The molecule has 2 nitrogen and oxygen atoms in total. The van der Waals surface area contributed by atoms with Crippen molar-refractivity contribution in [1.29, 1.82) is 0 Å². The van der Waals surface area contributed by atoms with Crippen LogP contribution in [0.5, 0.6) is 0 Å². The van der Waals surface area contributed by atoms with E-state index in [1.54, 1.807) is 0 Å². The van der Waals surface area contributed by atoms with Crippen LogP contribution in [0.4, 0.5) is 0 Å². The molecule has 0 unspecified atom stereocenters. The lowest BCUT2D eigenvalue weighted by molar-refractivity contribution is 0.0760. The van der Waals surface area contributed by atoms with Crippen LogP contribution in [-0.2, 0) is 4.74 Å². The van der Waals surface area contributed by atoms with Crippen LogP contribution in [0.1, 0.15) is 40.5 Å². The van der Waals surface area contributed by atoms with Gasteiger partial charge in [-0.05, 0) is 12.8 Å². The molecule has 2 heteroatoms. The molecule has 1 rings (SSSR count). The molecule has 0 aromatic carbocycles. The van der Waals surface area contributed by atoms with Crippen LogP contribution in [-0.4, -0.2) is 25.3 Å². The van der Waals surface area contributed by atoms with Gasteiger partial charge in [-0.1, -0.05) is 27.7 Å². The third-order valence-corrected chi connectivity index (χ3v) is 1.79. The van der Waals surface area contributed by atoms with Crippen molar-refractivity contribution in [1.82, 2.24) is 5.32 Å². The van der Waals surface area contributed by atoms with Crippen LogP contribution in [0.2, 0.25) is 0 Å². The van der Waals surface area contributed by atoms with Gasteiger partial charge in [-0.2, -0.15) is 0 Å². The van der Waals surface area contributed by atoms with E-state index in [0.717, 1.165) is 13.2 Å². The van der Waals surface area contributed by atoms with Gasteiger partial charge in [0.05, 0.1) is 0 Å². The molecule has 0 bridgehead atoms. The Labute approximate surface area is 76.7 Å². The van der Waals surface area contributed by atoms with Gasteiger partial charge in [0, 0.05) is 25.3 Å². The molecule has 74 valence electrons. The fourth-order valence-electron chi connectivity index (χ4n) is 1.34. The highest BCUT2D eigenvalue weighted by Crippen LogP contribution is 2.06. The van der Waals surface area contributed by atoms with Gasteiger partial charge in [-0.25, -0.2) is 0 Å². The summed E-state index contributed by atoms with van der Waals surface area (Å²) in [5, 5.41) is 3.50. The highest BCUT2D eigenvalue weighted by Gasteiger charge is 2.13. The summed E-state index contributed by atoms with van der Waals surface area (Å²) in [5.41, 5.74) is 0. The summed E-state index contributed by atoms with van der Waals surface area (Å²) in [4.78, 5) is 0. The van der Waals surface area contributed by atoms with Gasteiger partial charge in [-0.3, -0.25) is 0 Å². The minimum absolute atomic E-state index is 0.614. The summed E-state index contributed by atoms with van der Waals surface area (Å²) in [6.45, 7) is 10.2. The normalized spacial score (nSPS) is 18.8. The molecule has 1 aliphatic rings. The fourth-order valence-corrected chi connectivity index (χ4v) is 1.34. The van der Waals surface area contributed by atoms with Crippen LogP contribution < -0.4 is 5.32 Å². The summed E-state index contributed by atoms with van der Waals surface area (Å²) in [7, 11) is 0. The molecule has 0 spiro atoms. The summed E-state index contributed by atoms with van der Waals surface area (Å²) >= 11 is 0. The standard InChI is InChI=1S/C8H17NO.C2H6/c1-7(2)9-8-3-5-10-6-4-8;1-2/h7-9H,3-6H2,1-2H3;1-2H3. The SMILES string of the molecule is CC.CC(C)NC1CCOCC1. The van der Waals surface area contributed by atoms with E-state index < -0.39 is 0 Å². The molecule has 0 aliphatic carbocycles. The Kier molecular flexibility index (Phi) is 7.51. The average molecular weight is 173 g/mol. The van der Waals surface area contributed by atoms with Gasteiger partial charge < -0.3 is 10.1 Å². The zero-order chi connectivity index (χ0) is 9.40. The lowest BCUT2D eigenvalue weighted by Gasteiger charge is -2.24. The third kappa shape index (κ3) is 5.56. The molecule has 0 aromatic rings. The largest absolute Gasteiger partial charge is 0.381 e. The molecule has 0 atom stereocenters. The van der Waals surface area contributed by atoms with E-state index in [1.807, 2.05) is 13.8 Å². The second kappa shape index (κ2) is 7.56. The average Bonchev–Trinajstić information content (AvgIpc) is 2.08. The minimum Gasteiger partial charge on any atom is -0.381 e. The Balaban J connectivity index is 0.000000561. The lowest BCUT2D eigenvalue weighted by atomic mass is 10.1. The summed E-state index contributed by atoms with van der Waals surface area (Å²) in [5.74, 6) is 0. The van der Waals surface area contributed by atoms with Gasteiger partial charge in [0.2, 0.25) is 0 Å². The lowest BCUT2D eigenvalue weighted by Crippen LogP contribution is -2.38. The Morgan fingerprint density at radius 1 is 1.17 bits per heavy atom. The van der Waals surface area contributed by atoms with E-state index in [-0.39, 0.29) is 0 Å².